The van der Waals surface area contributed by atoms with Crippen molar-refractivity contribution in [2.75, 3.05) is 6.61 Å². The molecular weight excluding hydrogens is 310 g/mol. The lowest BCUT2D eigenvalue weighted by atomic mass is 10.3. The van der Waals surface area contributed by atoms with Crippen LogP contribution in [0.25, 0.3) is 0 Å². The van der Waals surface area contributed by atoms with Crippen LogP contribution in [0.2, 0.25) is 0 Å². The van der Waals surface area contributed by atoms with E-state index in [-0.39, 0.29) is 5.91 Å². The van der Waals surface area contributed by atoms with E-state index < -0.39 is 0 Å². The molecule has 1 amide bonds. The zero-order valence-electron chi connectivity index (χ0n) is 10.2. The maximum atomic E-state index is 11.5. The average Bonchev–Trinajstić information content (AvgIpc) is 2.92. The number of nitrogens with zero attached hydrogens (tertiary/aromatic N) is 1. The van der Waals surface area contributed by atoms with Crippen LogP contribution in [0.15, 0.2) is 41.1 Å². The summed E-state index contributed by atoms with van der Waals surface area (Å²) in [5.74, 6) is 1.43. The van der Waals surface area contributed by atoms with E-state index >= 15 is 0 Å². The number of ether oxygens (including phenoxy) is 1. The third kappa shape index (κ3) is 4.75. The molecule has 0 saturated heterocycles. The number of hydrogen-bond donors (Lipinski definition) is 2. The van der Waals surface area contributed by atoms with Crippen molar-refractivity contribution >= 4 is 21.8 Å². The van der Waals surface area contributed by atoms with Crippen LogP contribution in [0.3, 0.4) is 0 Å². The predicted octanol–water partition coefficient (Wildman–Crippen LogP) is 2.26. The van der Waals surface area contributed by atoms with Crippen molar-refractivity contribution in [1.82, 2.24) is 15.3 Å². The predicted molar refractivity (Wildman–Crippen MR) is 74.7 cm³/mol. The third-order valence-corrected chi connectivity index (χ3v) is 2.95. The summed E-state index contributed by atoms with van der Waals surface area (Å²) < 4.78 is 6.46. The Balaban J connectivity index is 1.65. The lowest BCUT2D eigenvalue weighted by molar-refractivity contribution is -0.121. The highest BCUT2D eigenvalue weighted by Gasteiger charge is 2.03. The highest BCUT2D eigenvalue weighted by molar-refractivity contribution is 9.10. The Kier molecular flexibility index (Phi) is 4.97. The summed E-state index contributed by atoms with van der Waals surface area (Å²) in [6, 6.07) is 7.49. The van der Waals surface area contributed by atoms with Crippen LogP contribution in [0.5, 0.6) is 5.75 Å². The Hall–Kier alpha value is -1.82. The summed E-state index contributed by atoms with van der Waals surface area (Å²) >= 11 is 3.35. The fraction of sp³-hybridized carbons (Fsp3) is 0.231. The first kappa shape index (κ1) is 13.6. The normalized spacial score (nSPS) is 10.2. The van der Waals surface area contributed by atoms with Crippen LogP contribution in [0, 0.1) is 0 Å². The van der Waals surface area contributed by atoms with Crippen molar-refractivity contribution in [3.05, 3.63) is 47.0 Å². The average molecular weight is 324 g/mol. The van der Waals surface area contributed by atoms with E-state index in [0.29, 0.717) is 19.6 Å². The summed E-state index contributed by atoms with van der Waals surface area (Å²) in [4.78, 5) is 18.5. The van der Waals surface area contributed by atoms with Gasteiger partial charge >= 0.3 is 0 Å². The zero-order valence-corrected chi connectivity index (χ0v) is 11.8. The second-order valence-corrected chi connectivity index (χ2v) is 4.78. The second-order valence-electron chi connectivity index (χ2n) is 3.86. The molecule has 1 aromatic carbocycles. The van der Waals surface area contributed by atoms with Crippen LogP contribution < -0.4 is 10.1 Å². The number of H-pyrrole nitrogens is 1. The molecule has 6 heteroatoms. The maximum absolute atomic E-state index is 11.5. The van der Waals surface area contributed by atoms with Crippen molar-refractivity contribution < 1.29 is 9.53 Å². The number of benzene rings is 1. The first-order valence-electron chi connectivity index (χ1n) is 5.87. The van der Waals surface area contributed by atoms with Crippen LogP contribution in [-0.2, 0) is 11.3 Å². The van der Waals surface area contributed by atoms with E-state index in [4.69, 9.17) is 4.74 Å². The Labute approximate surface area is 119 Å². The van der Waals surface area contributed by atoms with Gasteiger partial charge in [-0.3, -0.25) is 4.79 Å². The molecule has 0 aliphatic heterocycles. The minimum atomic E-state index is -0.0616. The van der Waals surface area contributed by atoms with Crippen molar-refractivity contribution in [3.8, 4) is 5.75 Å². The largest absolute Gasteiger partial charge is 0.493 e. The van der Waals surface area contributed by atoms with Crippen molar-refractivity contribution in [1.29, 1.82) is 0 Å². The topological polar surface area (TPSA) is 67.0 Å². The van der Waals surface area contributed by atoms with Gasteiger partial charge in [-0.05, 0) is 24.3 Å². The highest BCUT2D eigenvalue weighted by Crippen LogP contribution is 2.16. The molecule has 1 aromatic heterocycles. The van der Waals surface area contributed by atoms with Gasteiger partial charge in [0.05, 0.1) is 19.6 Å². The molecule has 0 spiro atoms. The van der Waals surface area contributed by atoms with E-state index in [0.717, 1.165) is 16.0 Å². The van der Waals surface area contributed by atoms with Crippen LogP contribution in [0.1, 0.15) is 12.2 Å². The standard InChI is InChI=1S/C13H14BrN3O2/c14-10-1-3-11(4-2-10)19-8-5-13(18)17-9-12-15-6-7-16-12/h1-4,6-7H,5,8-9H2,(H,15,16)(H,17,18). The number of aromatic amines is 1. The number of rotatable bonds is 6. The molecule has 0 fully saturated rings. The second kappa shape index (κ2) is 6.94. The first-order chi connectivity index (χ1) is 9.24. The molecule has 0 radical (unpaired) electrons. The molecule has 19 heavy (non-hydrogen) atoms. The molecule has 0 saturated carbocycles. The van der Waals surface area contributed by atoms with Gasteiger partial charge in [-0.1, -0.05) is 15.9 Å². The Morgan fingerprint density at radius 1 is 1.37 bits per heavy atom. The molecule has 1 heterocycles. The Bertz CT molecular complexity index is 511. The molecule has 0 aliphatic rings. The number of imidazole rings is 1. The Morgan fingerprint density at radius 3 is 2.84 bits per heavy atom. The fourth-order valence-electron chi connectivity index (χ4n) is 1.46. The number of amides is 1. The van der Waals surface area contributed by atoms with E-state index in [1.807, 2.05) is 24.3 Å². The van der Waals surface area contributed by atoms with Gasteiger partial charge in [-0.2, -0.15) is 0 Å². The van der Waals surface area contributed by atoms with Gasteiger partial charge < -0.3 is 15.0 Å². The summed E-state index contributed by atoms with van der Waals surface area (Å²) in [6.07, 6.45) is 3.69. The van der Waals surface area contributed by atoms with Gasteiger partial charge in [0.15, 0.2) is 0 Å². The number of nitrogens with one attached hydrogen (secondary N) is 2. The SMILES string of the molecule is O=C(CCOc1ccc(Br)cc1)NCc1ncc[nH]1. The van der Waals surface area contributed by atoms with Crippen LogP contribution >= 0.6 is 15.9 Å². The van der Waals surface area contributed by atoms with Gasteiger partial charge in [-0.25, -0.2) is 4.98 Å². The van der Waals surface area contributed by atoms with Gasteiger partial charge in [0.25, 0.3) is 0 Å². The molecule has 2 aromatic rings. The molecule has 0 unspecified atom stereocenters. The lowest BCUT2D eigenvalue weighted by Gasteiger charge is -2.06. The highest BCUT2D eigenvalue weighted by atomic mass is 79.9. The van der Waals surface area contributed by atoms with E-state index in [1.54, 1.807) is 12.4 Å². The molecule has 2 rings (SSSR count). The van der Waals surface area contributed by atoms with Crippen molar-refractivity contribution in [2.45, 2.75) is 13.0 Å². The monoisotopic (exact) mass is 323 g/mol. The lowest BCUT2D eigenvalue weighted by Crippen LogP contribution is -2.24. The van der Waals surface area contributed by atoms with E-state index in [9.17, 15) is 4.79 Å². The molecule has 0 bridgehead atoms. The van der Waals surface area contributed by atoms with Crippen LogP contribution in [0.4, 0.5) is 0 Å². The molecule has 5 nitrogen and oxygen atoms in total. The molecule has 0 atom stereocenters. The third-order valence-electron chi connectivity index (χ3n) is 2.42. The minimum Gasteiger partial charge on any atom is -0.493 e. The van der Waals surface area contributed by atoms with E-state index in [1.165, 1.54) is 0 Å². The quantitative estimate of drug-likeness (QED) is 0.856. The Morgan fingerprint density at radius 2 is 2.16 bits per heavy atom. The zero-order chi connectivity index (χ0) is 13.5. The van der Waals surface area contributed by atoms with Gasteiger partial charge in [0.2, 0.25) is 5.91 Å². The first-order valence-corrected chi connectivity index (χ1v) is 6.66. The van der Waals surface area contributed by atoms with Crippen molar-refractivity contribution in [2.24, 2.45) is 0 Å². The molecule has 0 aliphatic carbocycles. The number of aromatic nitrogens is 2. The van der Waals surface area contributed by atoms with Crippen LogP contribution in [-0.4, -0.2) is 22.5 Å². The number of carbonyl (C=O) groups excluding carboxylic acids is 1. The summed E-state index contributed by atoms with van der Waals surface area (Å²) in [7, 11) is 0. The number of carbonyl (C=O) groups is 1. The van der Waals surface area contributed by atoms with Gasteiger partial charge in [-0.15, -0.1) is 0 Å². The molecule has 100 valence electrons. The molecule has 2 N–H and O–H groups in total. The van der Waals surface area contributed by atoms with Gasteiger partial charge in [0.1, 0.15) is 11.6 Å². The van der Waals surface area contributed by atoms with Crippen molar-refractivity contribution in [3.63, 3.8) is 0 Å². The smallest absolute Gasteiger partial charge is 0.223 e. The minimum absolute atomic E-state index is 0.0616. The number of halogens is 1. The van der Waals surface area contributed by atoms with E-state index in [2.05, 4.69) is 31.2 Å². The summed E-state index contributed by atoms with van der Waals surface area (Å²) in [5, 5.41) is 2.76. The molecular formula is C13H14BrN3O2. The summed E-state index contributed by atoms with van der Waals surface area (Å²) in [6.45, 7) is 0.760. The summed E-state index contributed by atoms with van der Waals surface area (Å²) in [5.41, 5.74) is 0. The fourth-order valence-corrected chi connectivity index (χ4v) is 1.72. The maximum Gasteiger partial charge on any atom is 0.223 e. The number of hydrogen-bond acceptors (Lipinski definition) is 3. The van der Waals surface area contributed by atoms with Gasteiger partial charge in [0, 0.05) is 16.9 Å².